The van der Waals surface area contributed by atoms with Crippen molar-refractivity contribution in [3.05, 3.63) is 52.6 Å². The van der Waals surface area contributed by atoms with Crippen LogP contribution >= 0.6 is 0 Å². The molecule has 2 aromatic rings. The first-order valence-electron chi connectivity index (χ1n) is 7.66. The zero-order valence-electron chi connectivity index (χ0n) is 13.4. The number of carboxylic acids is 1. The topological polar surface area (TPSA) is 69.6 Å². The lowest BCUT2D eigenvalue weighted by molar-refractivity contribution is -0.255. The Morgan fingerprint density at radius 2 is 2.00 bits per heavy atom. The van der Waals surface area contributed by atoms with Crippen molar-refractivity contribution in [2.24, 2.45) is 5.92 Å². The number of aryl methyl sites for hydroxylation is 1. The SMILES string of the molecule is Cc1cc(C(=O)[O-])cc(-c2ccc3c(c2C)C(O)[C@@H](C)CO3)c1. The molecule has 1 unspecified atom stereocenters. The Morgan fingerprint density at radius 3 is 2.70 bits per heavy atom. The van der Waals surface area contributed by atoms with Crippen LogP contribution in [-0.2, 0) is 0 Å². The predicted molar refractivity (Wildman–Crippen MR) is 85.3 cm³/mol. The third-order valence-corrected chi connectivity index (χ3v) is 4.44. The summed E-state index contributed by atoms with van der Waals surface area (Å²) in [5.41, 5.74) is 4.40. The maximum absolute atomic E-state index is 11.2. The highest BCUT2D eigenvalue weighted by molar-refractivity contribution is 5.88. The number of hydrogen-bond acceptors (Lipinski definition) is 4. The molecule has 4 heteroatoms. The van der Waals surface area contributed by atoms with E-state index in [1.54, 1.807) is 12.1 Å². The van der Waals surface area contributed by atoms with Gasteiger partial charge in [0, 0.05) is 11.5 Å². The fourth-order valence-corrected chi connectivity index (χ4v) is 3.16. The second kappa shape index (κ2) is 5.70. The van der Waals surface area contributed by atoms with E-state index in [0.717, 1.165) is 27.8 Å². The van der Waals surface area contributed by atoms with Gasteiger partial charge in [-0.3, -0.25) is 0 Å². The van der Waals surface area contributed by atoms with E-state index in [1.165, 1.54) is 0 Å². The van der Waals surface area contributed by atoms with Crippen molar-refractivity contribution in [3.8, 4) is 16.9 Å². The highest BCUT2D eigenvalue weighted by atomic mass is 16.5. The fraction of sp³-hybridized carbons (Fsp3) is 0.316. The number of ether oxygens (including phenoxy) is 1. The molecule has 0 saturated carbocycles. The number of hydrogen-bond donors (Lipinski definition) is 1. The zero-order chi connectivity index (χ0) is 16.7. The van der Waals surface area contributed by atoms with E-state index in [1.807, 2.05) is 39.0 Å². The van der Waals surface area contributed by atoms with Crippen LogP contribution < -0.4 is 9.84 Å². The second-order valence-electron chi connectivity index (χ2n) is 6.26. The van der Waals surface area contributed by atoms with E-state index in [0.29, 0.717) is 12.4 Å². The number of carboxylic acid groups (broad SMARTS) is 1. The molecule has 0 bridgehead atoms. The Kier molecular flexibility index (Phi) is 3.86. The molecule has 120 valence electrons. The highest BCUT2D eigenvalue weighted by Gasteiger charge is 2.28. The van der Waals surface area contributed by atoms with Crippen molar-refractivity contribution in [2.45, 2.75) is 26.9 Å². The van der Waals surface area contributed by atoms with Gasteiger partial charge < -0.3 is 19.7 Å². The summed E-state index contributed by atoms with van der Waals surface area (Å²) in [7, 11) is 0. The van der Waals surface area contributed by atoms with Crippen molar-refractivity contribution in [2.75, 3.05) is 6.61 Å². The molecule has 1 N–H and O–H groups in total. The van der Waals surface area contributed by atoms with Crippen LogP contribution in [0.5, 0.6) is 5.75 Å². The molecule has 0 aromatic heterocycles. The number of benzene rings is 2. The Bertz CT molecular complexity index is 779. The lowest BCUT2D eigenvalue weighted by atomic mass is 9.87. The minimum atomic E-state index is -1.19. The monoisotopic (exact) mass is 311 g/mol. The molecule has 0 amide bonds. The summed E-state index contributed by atoms with van der Waals surface area (Å²) in [5, 5.41) is 21.7. The van der Waals surface area contributed by atoms with Gasteiger partial charge in [0.1, 0.15) is 5.75 Å². The molecule has 3 rings (SSSR count). The summed E-state index contributed by atoms with van der Waals surface area (Å²) in [4.78, 5) is 11.2. The molecule has 1 aliphatic heterocycles. The van der Waals surface area contributed by atoms with Crippen LogP contribution in [0.4, 0.5) is 0 Å². The summed E-state index contributed by atoms with van der Waals surface area (Å²) in [5.74, 6) is -0.472. The summed E-state index contributed by atoms with van der Waals surface area (Å²) < 4.78 is 5.70. The van der Waals surface area contributed by atoms with Crippen molar-refractivity contribution in [1.82, 2.24) is 0 Å². The molecular formula is C19H19O4-. The first kappa shape index (κ1) is 15.6. The van der Waals surface area contributed by atoms with Crippen LogP contribution in [-0.4, -0.2) is 17.7 Å². The normalized spacial score (nSPS) is 19.8. The van der Waals surface area contributed by atoms with Crippen LogP contribution in [0.25, 0.3) is 11.1 Å². The summed E-state index contributed by atoms with van der Waals surface area (Å²) in [6.45, 7) is 6.22. The van der Waals surface area contributed by atoms with Gasteiger partial charge in [-0.15, -0.1) is 0 Å². The summed E-state index contributed by atoms with van der Waals surface area (Å²) in [6.07, 6.45) is -0.580. The van der Waals surface area contributed by atoms with Crippen molar-refractivity contribution in [3.63, 3.8) is 0 Å². The standard InChI is InChI=1S/C19H20O4/c1-10-6-13(8-14(7-10)19(21)22)15-4-5-16-17(12(15)3)18(20)11(2)9-23-16/h4-8,11,18,20H,9H2,1-3H3,(H,21,22)/p-1/t11-,18?/m0/s1. The van der Waals surface area contributed by atoms with E-state index in [2.05, 4.69) is 0 Å². The van der Waals surface area contributed by atoms with Crippen LogP contribution in [0.3, 0.4) is 0 Å². The molecule has 4 nitrogen and oxygen atoms in total. The molecule has 1 heterocycles. The van der Waals surface area contributed by atoms with Gasteiger partial charge >= 0.3 is 0 Å². The second-order valence-corrected chi connectivity index (χ2v) is 6.26. The molecule has 1 aliphatic rings. The molecule has 0 fully saturated rings. The van der Waals surface area contributed by atoms with Crippen molar-refractivity contribution < 1.29 is 19.7 Å². The number of fused-ring (bicyclic) bond motifs is 1. The molecule has 0 aliphatic carbocycles. The van der Waals surface area contributed by atoms with Crippen molar-refractivity contribution >= 4 is 5.97 Å². The molecule has 0 radical (unpaired) electrons. The van der Waals surface area contributed by atoms with Crippen LogP contribution in [0.1, 0.15) is 40.1 Å². The number of rotatable bonds is 2. The van der Waals surface area contributed by atoms with Gasteiger partial charge in [0.2, 0.25) is 0 Å². The quantitative estimate of drug-likeness (QED) is 0.924. The molecule has 0 saturated heterocycles. The third kappa shape index (κ3) is 2.70. The first-order valence-corrected chi connectivity index (χ1v) is 7.66. The van der Waals surface area contributed by atoms with Gasteiger partial charge in [0.15, 0.2) is 0 Å². The predicted octanol–water partition coefficient (Wildman–Crippen LogP) is 2.40. The zero-order valence-corrected chi connectivity index (χ0v) is 13.4. The minimum absolute atomic E-state index is 0.0211. The van der Waals surface area contributed by atoms with Gasteiger partial charge in [-0.2, -0.15) is 0 Å². The van der Waals surface area contributed by atoms with E-state index in [4.69, 9.17) is 4.74 Å². The Balaban J connectivity index is 2.17. The van der Waals surface area contributed by atoms with Gasteiger partial charge in [-0.05, 0) is 53.8 Å². The van der Waals surface area contributed by atoms with E-state index in [-0.39, 0.29) is 11.5 Å². The lowest BCUT2D eigenvalue weighted by Gasteiger charge is -2.30. The highest BCUT2D eigenvalue weighted by Crippen LogP contribution is 2.41. The number of aromatic carboxylic acids is 1. The average molecular weight is 311 g/mol. The minimum Gasteiger partial charge on any atom is -0.545 e. The van der Waals surface area contributed by atoms with Crippen molar-refractivity contribution in [1.29, 1.82) is 0 Å². The number of carbonyl (C=O) groups excluding carboxylic acids is 1. The Labute approximate surface area is 135 Å². The summed E-state index contributed by atoms with van der Waals surface area (Å²) in [6, 6.07) is 8.88. The maximum atomic E-state index is 11.2. The maximum Gasteiger partial charge on any atom is 0.125 e. The van der Waals surface area contributed by atoms with Gasteiger partial charge in [0.25, 0.3) is 0 Å². The fourth-order valence-electron chi connectivity index (χ4n) is 3.16. The lowest BCUT2D eigenvalue weighted by Crippen LogP contribution is -2.24. The molecule has 23 heavy (non-hydrogen) atoms. The van der Waals surface area contributed by atoms with Gasteiger partial charge in [-0.1, -0.05) is 25.1 Å². The van der Waals surface area contributed by atoms with E-state index in [9.17, 15) is 15.0 Å². The van der Waals surface area contributed by atoms with E-state index < -0.39 is 12.1 Å². The van der Waals surface area contributed by atoms with E-state index >= 15 is 0 Å². The Hall–Kier alpha value is -2.33. The molecular weight excluding hydrogens is 292 g/mol. The largest absolute Gasteiger partial charge is 0.545 e. The van der Waals surface area contributed by atoms with Crippen LogP contribution in [0, 0.1) is 19.8 Å². The molecule has 2 aromatic carbocycles. The number of carbonyl (C=O) groups is 1. The average Bonchev–Trinajstić information content (AvgIpc) is 2.50. The van der Waals surface area contributed by atoms with Gasteiger partial charge in [0.05, 0.1) is 18.7 Å². The number of aliphatic hydroxyl groups excluding tert-OH is 1. The van der Waals surface area contributed by atoms with Crippen LogP contribution in [0.15, 0.2) is 30.3 Å². The Morgan fingerprint density at radius 1 is 1.26 bits per heavy atom. The smallest absolute Gasteiger partial charge is 0.125 e. The van der Waals surface area contributed by atoms with Crippen LogP contribution in [0.2, 0.25) is 0 Å². The third-order valence-electron chi connectivity index (χ3n) is 4.44. The summed E-state index contributed by atoms with van der Waals surface area (Å²) >= 11 is 0. The van der Waals surface area contributed by atoms with Gasteiger partial charge in [-0.25, -0.2) is 0 Å². The molecule has 2 atom stereocenters. The molecule has 0 spiro atoms. The first-order chi connectivity index (χ1) is 10.9. The number of aliphatic hydroxyl groups is 1.